The third-order valence-electron chi connectivity index (χ3n) is 4.86. The normalized spacial score (nSPS) is 15.4. The fourth-order valence-electron chi connectivity index (χ4n) is 3.24. The number of hydrogen-bond donors (Lipinski definition) is 1. The van der Waals surface area contributed by atoms with Gasteiger partial charge in [0.1, 0.15) is 5.82 Å². The van der Waals surface area contributed by atoms with E-state index in [1.54, 1.807) is 30.4 Å². The number of para-hydroxylation sites is 1. The van der Waals surface area contributed by atoms with E-state index in [2.05, 4.69) is 16.3 Å². The zero-order valence-electron chi connectivity index (χ0n) is 14.5. The molecule has 26 heavy (non-hydrogen) atoms. The van der Waals surface area contributed by atoms with E-state index in [0.717, 1.165) is 36.6 Å². The Labute approximate surface area is 155 Å². The van der Waals surface area contributed by atoms with Crippen molar-refractivity contribution in [1.82, 2.24) is 4.98 Å². The lowest BCUT2D eigenvalue weighted by Gasteiger charge is -2.31. The van der Waals surface area contributed by atoms with Gasteiger partial charge < -0.3 is 10.2 Å². The summed E-state index contributed by atoms with van der Waals surface area (Å²) in [4.78, 5) is 19.4. The zero-order valence-corrected chi connectivity index (χ0v) is 15.4. The summed E-state index contributed by atoms with van der Waals surface area (Å²) in [5, 5.41) is 3.86. The number of rotatable bonds is 3. The van der Waals surface area contributed by atoms with Gasteiger partial charge in [-0.15, -0.1) is 0 Å². The van der Waals surface area contributed by atoms with Crippen LogP contribution in [0.15, 0.2) is 42.5 Å². The molecule has 3 aromatic rings. The molecule has 1 saturated heterocycles. The number of carbonyl (C=O) groups excluding carboxylic acids is 1. The molecular formula is C20H20FN3OS. The molecule has 0 radical (unpaired) electrons. The number of nitrogens with zero attached hydrogens (tertiary/aromatic N) is 2. The minimum absolute atomic E-state index is 0.0304. The Balaban J connectivity index is 1.38. The van der Waals surface area contributed by atoms with Crippen LogP contribution < -0.4 is 10.2 Å². The summed E-state index contributed by atoms with van der Waals surface area (Å²) < 4.78 is 14.8. The number of piperidine rings is 1. The van der Waals surface area contributed by atoms with Crippen LogP contribution in [0, 0.1) is 18.7 Å². The lowest BCUT2D eigenvalue weighted by Crippen LogP contribution is -2.38. The number of anilines is 2. The molecule has 4 nitrogen and oxygen atoms in total. The second kappa shape index (κ2) is 7.03. The van der Waals surface area contributed by atoms with Crippen LogP contribution in [-0.4, -0.2) is 24.0 Å². The van der Waals surface area contributed by atoms with Gasteiger partial charge in [0.25, 0.3) is 0 Å². The highest BCUT2D eigenvalue weighted by molar-refractivity contribution is 7.22. The predicted molar refractivity (Wildman–Crippen MR) is 104 cm³/mol. The average molecular weight is 369 g/mol. The highest BCUT2D eigenvalue weighted by Gasteiger charge is 2.26. The molecule has 134 valence electrons. The van der Waals surface area contributed by atoms with Crippen LogP contribution in [0.5, 0.6) is 0 Å². The third-order valence-corrected chi connectivity index (χ3v) is 5.96. The number of fused-ring (bicyclic) bond motifs is 1. The smallest absolute Gasteiger partial charge is 0.227 e. The molecule has 1 aliphatic rings. The first-order chi connectivity index (χ1) is 12.6. The fraction of sp³-hybridized carbons (Fsp3) is 0.300. The largest absolute Gasteiger partial charge is 0.348 e. The maximum absolute atomic E-state index is 13.6. The highest BCUT2D eigenvalue weighted by atomic mass is 32.1. The number of nitrogens with one attached hydrogen (secondary N) is 1. The Hall–Kier alpha value is -2.47. The van der Waals surface area contributed by atoms with Gasteiger partial charge in [-0.05, 0) is 49.6 Å². The number of thiazole rings is 1. The fourth-order valence-corrected chi connectivity index (χ4v) is 4.26. The zero-order chi connectivity index (χ0) is 18.1. The van der Waals surface area contributed by atoms with Gasteiger partial charge in [0, 0.05) is 24.7 Å². The third kappa shape index (κ3) is 3.42. The van der Waals surface area contributed by atoms with Crippen molar-refractivity contribution < 1.29 is 9.18 Å². The Bertz CT molecular complexity index is 914. The molecule has 0 bridgehead atoms. The van der Waals surface area contributed by atoms with E-state index in [1.807, 2.05) is 18.2 Å². The van der Waals surface area contributed by atoms with Crippen molar-refractivity contribution in [2.24, 2.45) is 5.92 Å². The number of carbonyl (C=O) groups is 1. The number of benzene rings is 2. The number of aromatic nitrogens is 1. The van der Waals surface area contributed by atoms with Crippen molar-refractivity contribution in [2.45, 2.75) is 19.8 Å². The van der Waals surface area contributed by atoms with Crippen molar-refractivity contribution in [3.8, 4) is 0 Å². The van der Waals surface area contributed by atoms with Gasteiger partial charge in [-0.2, -0.15) is 0 Å². The van der Waals surface area contributed by atoms with Gasteiger partial charge in [0.05, 0.1) is 10.2 Å². The summed E-state index contributed by atoms with van der Waals surface area (Å²) in [6, 6.07) is 12.9. The monoisotopic (exact) mass is 369 g/mol. The van der Waals surface area contributed by atoms with E-state index < -0.39 is 0 Å². The van der Waals surface area contributed by atoms with E-state index >= 15 is 0 Å². The molecule has 1 aromatic heterocycles. The molecule has 0 spiro atoms. The molecule has 1 aliphatic heterocycles. The lowest BCUT2D eigenvalue weighted by molar-refractivity contribution is -0.120. The first-order valence-corrected chi connectivity index (χ1v) is 9.59. The Morgan fingerprint density at radius 3 is 2.73 bits per heavy atom. The molecule has 0 atom stereocenters. The molecule has 2 heterocycles. The van der Waals surface area contributed by atoms with E-state index in [9.17, 15) is 9.18 Å². The quantitative estimate of drug-likeness (QED) is 0.734. The summed E-state index contributed by atoms with van der Waals surface area (Å²) >= 11 is 1.69. The maximum atomic E-state index is 13.6. The minimum Gasteiger partial charge on any atom is -0.348 e. The second-order valence-electron chi connectivity index (χ2n) is 6.68. The molecule has 6 heteroatoms. The molecule has 1 N–H and O–H groups in total. The predicted octanol–water partition coefficient (Wildman–Crippen LogP) is 4.60. The molecule has 0 aliphatic carbocycles. The second-order valence-corrected chi connectivity index (χ2v) is 7.69. The summed E-state index contributed by atoms with van der Waals surface area (Å²) in [6.45, 7) is 3.32. The molecule has 1 amide bonds. The van der Waals surface area contributed by atoms with Crippen molar-refractivity contribution in [3.63, 3.8) is 0 Å². The summed E-state index contributed by atoms with van der Waals surface area (Å²) in [7, 11) is 0. The van der Waals surface area contributed by atoms with Crippen LogP contribution in [0.4, 0.5) is 15.2 Å². The summed E-state index contributed by atoms with van der Waals surface area (Å²) in [5.74, 6) is -0.379. The molecule has 0 saturated carbocycles. The van der Waals surface area contributed by atoms with Crippen molar-refractivity contribution in [1.29, 1.82) is 0 Å². The summed E-state index contributed by atoms with van der Waals surface area (Å²) in [5.41, 5.74) is 2.12. The number of hydrogen-bond acceptors (Lipinski definition) is 4. The first kappa shape index (κ1) is 17.0. The number of amides is 1. The number of aryl methyl sites for hydroxylation is 1. The van der Waals surface area contributed by atoms with Crippen molar-refractivity contribution in [2.75, 3.05) is 23.3 Å². The van der Waals surface area contributed by atoms with E-state index in [-0.39, 0.29) is 17.6 Å². The van der Waals surface area contributed by atoms with Crippen LogP contribution in [0.2, 0.25) is 0 Å². The van der Waals surface area contributed by atoms with Gasteiger partial charge in [-0.25, -0.2) is 9.37 Å². The molecule has 4 rings (SSSR count). The van der Waals surface area contributed by atoms with Crippen LogP contribution in [0.3, 0.4) is 0 Å². The molecule has 0 unspecified atom stereocenters. The molecular weight excluding hydrogens is 349 g/mol. The van der Waals surface area contributed by atoms with Gasteiger partial charge in [-0.3, -0.25) is 4.79 Å². The van der Waals surface area contributed by atoms with Crippen molar-refractivity contribution in [3.05, 3.63) is 53.8 Å². The molecule has 1 fully saturated rings. The average Bonchev–Trinajstić information content (AvgIpc) is 3.09. The van der Waals surface area contributed by atoms with Crippen molar-refractivity contribution >= 4 is 38.3 Å². The lowest BCUT2D eigenvalue weighted by atomic mass is 9.96. The summed E-state index contributed by atoms with van der Waals surface area (Å²) in [6.07, 6.45) is 1.55. The van der Waals surface area contributed by atoms with Gasteiger partial charge in [0.2, 0.25) is 5.91 Å². The van der Waals surface area contributed by atoms with E-state index in [0.29, 0.717) is 11.3 Å². The Morgan fingerprint density at radius 1 is 1.23 bits per heavy atom. The number of halogens is 1. The van der Waals surface area contributed by atoms with Gasteiger partial charge in [0.15, 0.2) is 5.13 Å². The SMILES string of the molecule is Cc1ccc(NC(=O)C2CCN(c3nc4ccccc4s3)CC2)cc1F. The topological polar surface area (TPSA) is 45.2 Å². The standard InChI is InChI=1S/C20H20FN3OS/c1-13-6-7-15(12-16(13)21)22-19(25)14-8-10-24(11-9-14)20-23-17-4-2-3-5-18(17)26-20/h2-7,12,14H,8-11H2,1H3,(H,22,25). The minimum atomic E-state index is -0.298. The van der Waals surface area contributed by atoms with Gasteiger partial charge in [-0.1, -0.05) is 29.5 Å². The van der Waals surface area contributed by atoms with Crippen LogP contribution in [-0.2, 0) is 4.79 Å². The van der Waals surface area contributed by atoms with Crippen LogP contribution in [0.1, 0.15) is 18.4 Å². The Morgan fingerprint density at radius 2 is 2.00 bits per heavy atom. The first-order valence-electron chi connectivity index (χ1n) is 8.78. The molecule has 2 aromatic carbocycles. The Kier molecular flexibility index (Phi) is 4.59. The van der Waals surface area contributed by atoms with E-state index in [4.69, 9.17) is 4.98 Å². The van der Waals surface area contributed by atoms with Gasteiger partial charge >= 0.3 is 0 Å². The van der Waals surface area contributed by atoms with Crippen LogP contribution >= 0.6 is 11.3 Å². The maximum Gasteiger partial charge on any atom is 0.227 e. The van der Waals surface area contributed by atoms with E-state index in [1.165, 1.54) is 10.8 Å². The highest BCUT2D eigenvalue weighted by Crippen LogP contribution is 2.31. The van der Waals surface area contributed by atoms with Crippen LogP contribution in [0.25, 0.3) is 10.2 Å².